The van der Waals surface area contributed by atoms with E-state index < -0.39 is 23.5 Å². The predicted octanol–water partition coefficient (Wildman–Crippen LogP) is -2.97. The van der Waals surface area contributed by atoms with Crippen molar-refractivity contribution in [3.05, 3.63) is 60.2 Å². The number of carboxylic acid groups (broad SMARTS) is 1. The molecule has 0 spiro atoms. The van der Waals surface area contributed by atoms with Crippen LogP contribution in [0.4, 0.5) is 0 Å². The Labute approximate surface area is 223 Å². The number of rotatable bonds is 4. The number of carbonyl (C=O) groups is 4. The standard InChI is InChI=1S/C10H8N2O3.C9H6N2O3.CH4O.K/c1-15-10(14)8(13)7-5-12-9-6(7)3-2-4-11-9;12-7(9(13)14)6-4-11-8-5(6)2-1-3-10-8;1-2;/h2-5H,1H3,(H,11,12);1-4H,(H,10,11)(H,13,14);2H,1H3;/q;;;+1/p-1. The Bertz CT molecular complexity index is 1250. The molecule has 11 nitrogen and oxygen atoms in total. The van der Waals surface area contributed by atoms with E-state index in [9.17, 15) is 24.3 Å². The molecule has 0 saturated carbocycles. The number of fused-ring (bicyclic) bond motifs is 2. The van der Waals surface area contributed by atoms with Gasteiger partial charge in [0.25, 0.3) is 5.78 Å². The average molecular weight is 464 g/mol. The second-order valence-electron chi connectivity index (χ2n) is 5.64. The van der Waals surface area contributed by atoms with Crippen LogP contribution in [0.5, 0.6) is 0 Å². The van der Waals surface area contributed by atoms with Gasteiger partial charge in [0, 0.05) is 42.7 Å². The number of nitrogens with one attached hydrogen (secondary N) is 2. The molecule has 0 atom stereocenters. The summed E-state index contributed by atoms with van der Waals surface area (Å²) in [5, 5.41) is 18.5. The molecule has 0 aliphatic rings. The summed E-state index contributed by atoms with van der Waals surface area (Å²) in [6.07, 6.45) is 5.92. The minimum absolute atomic E-state index is 0. The minimum Gasteiger partial charge on any atom is -0.541 e. The number of nitrogens with zero attached hydrogens (tertiary/aromatic N) is 2. The molecule has 160 valence electrons. The van der Waals surface area contributed by atoms with Crippen molar-refractivity contribution in [3.8, 4) is 0 Å². The van der Waals surface area contributed by atoms with E-state index >= 15 is 0 Å². The van der Waals surface area contributed by atoms with Crippen molar-refractivity contribution >= 4 is 45.6 Å². The maximum atomic E-state index is 11.5. The van der Waals surface area contributed by atoms with E-state index in [1.807, 2.05) is 0 Å². The van der Waals surface area contributed by atoms with Gasteiger partial charge in [0.2, 0.25) is 5.78 Å². The van der Waals surface area contributed by atoms with Gasteiger partial charge in [-0.2, -0.15) is 0 Å². The Morgan fingerprint density at radius 2 is 1.31 bits per heavy atom. The molecule has 4 aromatic heterocycles. The summed E-state index contributed by atoms with van der Waals surface area (Å²) in [4.78, 5) is 57.5. The predicted molar refractivity (Wildman–Crippen MR) is 106 cm³/mol. The van der Waals surface area contributed by atoms with Gasteiger partial charge in [-0.25, -0.2) is 14.8 Å². The number of aromatic nitrogens is 4. The Morgan fingerprint density at radius 3 is 1.72 bits per heavy atom. The topological polar surface area (TPSA) is 178 Å². The van der Waals surface area contributed by atoms with Crippen LogP contribution in [-0.4, -0.2) is 62.8 Å². The molecule has 32 heavy (non-hydrogen) atoms. The number of ketones is 2. The molecule has 0 bridgehead atoms. The minimum atomic E-state index is -1.71. The molecular formula is C20H17KN4O7. The first kappa shape index (κ1) is 27.3. The zero-order chi connectivity index (χ0) is 23.0. The summed E-state index contributed by atoms with van der Waals surface area (Å²) in [5.41, 5.74) is 1.42. The molecule has 3 N–H and O–H groups in total. The molecule has 0 aliphatic carbocycles. The number of carboxylic acids is 1. The van der Waals surface area contributed by atoms with E-state index in [-0.39, 0.29) is 62.5 Å². The molecule has 0 radical (unpaired) electrons. The maximum absolute atomic E-state index is 11.5. The number of hydrogen-bond donors (Lipinski definition) is 3. The fraction of sp³-hybridized carbons (Fsp3) is 0.100. The van der Waals surface area contributed by atoms with E-state index in [2.05, 4.69) is 24.7 Å². The number of carbonyl (C=O) groups excluding carboxylic acids is 4. The average Bonchev–Trinajstić information content (AvgIpc) is 3.43. The van der Waals surface area contributed by atoms with E-state index in [1.165, 1.54) is 19.5 Å². The van der Waals surface area contributed by atoms with Gasteiger partial charge in [-0.3, -0.25) is 9.59 Å². The third kappa shape index (κ3) is 6.15. The third-order valence-electron chi connectivity index (χ3n) is 3.95. The monoisotopic (exact) mass is 464 g/mol. The molecule has 0 unspecified atom stereocenters. The molecular weight excluding hydrogens is 447 g/mol. The van der Waals surface area contributed by atoms with Gasteiger partial charge in [0.05, 0.1) is 18.2 Å². The second kappa shape index (κ2) is 13.0. The van der Waals surface area contributed by atoms with E-state index in [0.717, 1.165) is 7.11 Å². The summed E-state index contributed by atoms with van der Waals surface area (Å²) in [6, 6.07) is 6.66. The van der Waals surface area contributed by atoms with Crippen LogP contribution < -0.4 is 56.5 Å². The molecule has 0 fully saturated rings. The fourth-order valence-corrected chi connectivity index (χ4v) is 2.60. The van der Waals surface area contributed by atoms with Crippen molar-refractivity contribution in [1.29, 1.82) is 0 Å². The van der Waals surface area contributed by atoms with E-state index in [1.54, 1.807) is 36.7 Å². The van der Waals surface area contributed by atoms with Gasteiger partial charge in [-0.1, -0.05) is 0 Å². The van der Waals surface area contributed by atoms with Gasteiger partial charge >= 0.3 is 57.4 Å². The van der Waals surface area contributed by atoms with Crippen LogP contribution in [0.25, 0.3) is 22.1 Å². The zero-order valence-corrected chi connectivity index (χ0v) is 20.5. The van der Waals surface area contributed by atoms with Crippen molar-refractivity contribution in [1.82, 2.24) is 19.9 Å². The Morgan fingerprint density at radius 1 is 0.875 bits per heavy atom. The molecule has 4 aromatic rings. The molecule has 0 amide bonds. The molecule has 0 aliphatic heterocycles. The number of aliphatic carboxylic acids is 1. The van der Waals surface area contributed by atoms with Crippen molar-refractivity contribution in [2.45, 2.75) is 0 Å². The molecule has 4 rings (SSSR count). The number of Topliss-reactive ketones (excluding diaryl/α,β-unsaturated/α-hetero) is 2. The van der Waals surface area contributed by atoms with Crippen LogP contribution in [0.1, 0.15) is 20.7 Å². The molecule has 12 heteroatoms. The number of esters is 1. The van der Waals surface area contributed by atoms with Crippen LogP contribution in [0, 0.1) is 0 Å². The Kier molecular flexibility index (Phi) is 11.0. The van der Waals surface area contributed by atoms with Crippen LogP contribution in [0.15, 0.2) is 49.1 Å². The summed E-state index contributed by atoms with van der Waals surface area (Å²) >= 11 is 0. The maximum Gasteiger partial charge on any atom is 1.00 e. The smallest absolute Gasteiger partial charge is 0.541 e. The SMILES string of the molecule is CO.COC(=O)C(=O)c1c[nH]c2ncccc12.O=C([O-])C(=O)c1c[nH]c2ncccc12.[K+]. The Balaban J connectivity index is 0.000000289. The van der Waals surface area contributed by atoms with Crippen molar-refractivity contribution < 1.29 is 85.5 Å². The number of hydrogen-bond acceptors (Lipinski definition) is 9. The number of aliphatic hydroxyl groups is 1. The van der Waals surface area contributed by atoms with Crippen LogP contribution in [0.3, 0.4) is 0 Å². The first-order valence-electron chi connectivity index (χ1n) is 8.61. The quantitative estimate of drug-likeness (QED) is 0.123. The summed E-state index contributed by atoms with van der Waals surface area (Å²) in [5.74, 6) is -4.30. The fourth-order valence-electron chi connectivity index (χ4n) is 2.60. The van der Waals surface area contributed by atoms with Crippen LogP contribution >= 0.6 is 0 Å². The van der Waals surface area contributed by atoms with Crippen LogP contribution in [-0.2, 0) is 14.3 Å². The number of methoxy groups -OCH3 is 1. The second-order valence-corrected chi connectivity index (χ2v) is 5.64. The normalized spacial score (nSPS) is 9.47. The summed E-state index contributed by atoms with van der Waals surface area (Å²) in [6.45, 7) is 0. The van der Waals surface area contributed by atoms with Gasteiger partial charge < -0.3 is 29.7 Å². The van der Waals surface area contributed by atoms with E-state index in [0.29, 0.717) is 22.1 Å². The largest absolute Gasteiger partial charge is 1.00 e. The van der Waals surface area contributed by atoms with Crippen molar-refractivity contribution in [3.63, 3.8) is 0 Å². The summed E-state index contributed by atoms with van der Waals surface area (Å²) < 4.78 is 4.36. The van der Waals surface area contributed by atoms with Gasteiger partial charge in [0.1, 0.15) is 17.3 Å². The first-order chi connectivity index (χ1) is 14.9. The molecule has 4 heterocycles. The first-order valence-corrected chi connectivity index (χ1v) is 8.61. The van der Waals surface area contributed by atoms with Gasteiger partial charge in [-0.05, 0) is 24.3 Å². The number of pyridine rings is 2. The van der Waals surface area contributed by atoms with E-state index in [4.69, 9.17) is 5.11 Å². The molecule has 0 saturated heterocycles. The van der Waals surface area contributed by atoms with Crippen molar-refractivity contribution in [2.75, 3.05) is 14.2 Å². The number of aromatic amines is 2. The number of aliphatic hydroxyl groups excluding tert-OH is 1. The number of ether oxygens (including phenoxy) is 1. The van der Waals surface area contributed by atoms with Gasteiger partial charge in [-0.15, -0.1) is 0 Å². The number of H-pyrrole nitrogens is 2. The molecule has 0 aromatic carbocycles. The van der Waals surface area contributed by atoms with Crippen LogP contribution in [0.2, 0.25) is 0 Å². The summed E-state index contributed by atoms with van der Waals surface area (Å²) in [7, 11) is 2.17. The third-order valence-corrected chi connectivity index (χ3v) is 3.95. The van der Waals surface area contributed by atoms with Crippen molar-refractivity contribution in [2.24, 2.45) is 0 Å². The van der Waals surface area contributed by atoms with Gasteiger partial charge in [0.15, 0.2) is 0 Å². The zero-order valence-electron chi connectivity index (χ0n) is 17.4. The Hall–Kier alpha value is -2.74.